The monoisotopic (exact) mass is 345 g/mol. The van der Waals surface area contributed by atoms with Crippen molar-refractivity contribution in [3.63, 3.8) is 0 Å². The molecule has 2 aromatic rings. The second kappa shape index (κ2) is 7.23. The van der Waals surface area contributed by atoms with Crippen LogP contribution in [0.15, 0.2) is 42.5 Å². The standard InChI is InChI=1S/C18H17Cl2N3/c1-21-18-7-6-14(10-17(18)20)23(15-8-9-22-11-15)12-13-4-2-3-5-16(13)19/h2-7,10,15,22H,8-9,11-12H2/t15-/m0/s1. The molecule has 0 radical (unpaired) electrons. The summed E-state index contributed by atoms with van der Waals surface area (Å²) in [6, 6.07) is 13.9. The second-order valence-corrected chi connectivity index (χ2v) is 6.43. The molecule has 0 spiro atoms. The third-order valence-electron chi connectivity index (χ3n) is 4.16. The molecule has 0 saturated carbocycles. The van der Waals surface area contributed by atoms with Crippen LogP contribution < -0.4 is 10.2 Å². The Kier molecular flexibility index (Phi) is 5.07. The van der Waals surface area contributed by atoms with Gasteiger partial charge in [-0.15, -0.1) is 0 Å². The van der Waals surface area contributed by atoms with Crippen LogP contribution in [0.4, 0.5) is 11.4 Å². The van der Waals surface area contributed by atoms with Gasteiger partial charge in [-0.25, -0.2) is 4.85 Å². The van der Waals surface area contributed by atoms with Crippen molar-refractivity contribution >= 4 is 34.6 Å². The van der Waals surface area contributed by atoms with Gasteiger partial charge in [0.2, 0.25) is 5.69 Å². The molecule has 1 fully saturated rings. The van der Waals surface area contributed by atoms with Crippen molar-refractivity contribution in [1.29, 1.82) is 0 Å². The van der Waals surface area contributed by atoms with Gasteiger partial charge < -0.3 is 10.2 Å². The van der Waals surface area contributed by atoms with Crippen LogP contribution in [-0.2, 0) is 6.54 Å². The first kappa shape index (κ1) is 16.1. The summed E-state index contributed by atoms with van der Waals surface area (Å²) in [5, 5.41) is 4.67. The molecule has 0 bridgehead atoms. The van der Waals surface area contributed by atoms with Crippen LogP contribution in [0.3, 0.4) is 0 Å². The van der Waals surface area contributed by atoms with Crippen molar-refractivity contribution in [2.75, 3.05) is 18.0 Å². The van der Waals surface area contributed by atoms with E-state index < -0.39 is 0 Å². The molecule has 0 aromatic heterocycles. The van der Waals surface area contributed by atoms with E-state index in [1.54, 1.807) is 6.07 Å². The Balaban J connectivity index is 1.94. The van der Waals surface area contributed by atoms with E-state index in [-0.39, 0.29) is 0 Å². The fourth-order valence-corrected chi connectivity index (χ4v) is 3.32. The van der Waals surface area contributed by atoms with Gasteiger partial charge in [0.25, 0.3) is 0 Å². The molecule has 1 heterocycles. The van der Waals surface area contributed by atoms with Gasteiger partial charge in [-0.2, -0.15) is 0 Å². The van der Waals surface area contributed by atoms with Crippen molar-refractivity contribution in [3.8, 4) is 0 Å². The average Bonchev–Trinajstić information content (AvgIpc) is 3.08. The van der Waals surface area contributed by atoms with Crippen molar-refractivity contribution in [2.24, 2.45) is 0 Å². The zero-order chi connectivity index (χ0) is 16.2. The number of halogens is 2. The molecule has 2 aromatic carbocycles. The molecule has 5 heteroatoms. The third kappa shape index (κ3) is 3.61. The zero-order valence-electron chi connectivity index (χ0n) is 12.6. The van der Waals surface area contributed by atoms with Gasteiger partial charge in [0.1, 0.15) is 0 Å². The van der Waals surface area contributed by atoms with E-state index in [4.69, 9.17) is 29.8 Å². The molecule has 3 rings (SSSR count). The maximum atomic E-state index is 7.14. The van der Waals surface area contributed by atoms with Crippen LogP contribution in [0, 0.1) is 6.57 Å². The van der Waals surface area contributed by atoms with Crippen molar-refractivity contribution in [3.05, 3.63) is 69.5 Å². The lowest BCUT2D eigenvalue weighted by atomic mass is 10.1. The van der Waals surface area contributed by atoms with E-state index in [0.717, 1.165) is 42.3 Å². The van der Waals surface area contributed by atoms with Gasteiger partial charge in [-0.3, -0.25) is 0 Å². The minimum atomic E-state index is 0.390. The van der Waals surface area contributed by atoms with E-state index in [0.29, 0.717) is 16.8 Å². The Morgan fingerprint density at radius 1 is 1.17 bits per heavy atom. The Labute approximate surface area is 146 Å². The number of rotatable bonds is 4. The molecule has 118 valence electrons. The predicted octanol–water partition coefficient (Wildman–Crippen LogP) is 4.91. The highest BCUT2D eigenvalue weighted by atomic mass is 35.5. The first-order chi connectivity index (χ1) is 11.2. The first-order valence-electron chi connectivity index (χ1n) is 7.57. The van der Waals surface area contributed by atoms with Gasteiger partial charge in [0.05, 0.1) is 6.57 Å². The lowest BCUT2D eigenvalue weighted by Gasteiger charge is -2.31. The normalized spacial score (nSPS) is 17.0. The van der Waals surface area contributed by atoms with Crippen LogP contribution in [-0.4, -0.2) is 19.1 Å². The number of nitrogens with zero attached hydrogens (tertiary/aromatic N) is 2. The van der Waals surface area contributed by atoms with E-state index in [1.807, 2.05) is 36.4 Å². The van der Waals surface area contributed by atoms with Gasteiger partial charge in [-0.05, 0) is 36.7 Å². The number of benzene rings is 2. The molecule has 23 heavy (non-hydrogen) atoms. The highest BCUT2D eigenvalue weighted by Gasteiger charge is 2.24. The summed E-state index contributed by atoms with van der Waals surface area (Å²) in [7, 11) is 0. The van der Waals surface area contributed by atoms with E-state index in [9.17, 15) is 0 Å². The molecular formula is C18H17Cl2N3. The Bertz CT molecular complexity index is 733. The first-order valence-corrected chi connectivity index (χ1v) is 8.32. The SMILES string of the molecule is [C-]#[N+]c1ccc(N(Cc2ccccc2Cl)[C@H]2CCNC2)cc1Cl. The van der Waals surface area contributed by atoms with Crippen LogP contribution in [0.5, 0.6) is 0 Å². The minimum Gasteiger partial charge on any atom is -0.363 e. The molecule has 0 unspecified atom stereocenters. The second-order valence-electron chi connectivity index (χ2n) is 5.61. The van der Waals surface area contributed by atoms with E-state index in [2.05, 4.69) is 15.1 Å². The topological polar surface area (TPSA) is 19.6 Å². The van der Waals surface area contributed by atoms with Crippen LogP contribution in [0.2, 0.25) is 10.0 Å². The molecule has 1 saturated heterocycles. The third-order valence-corrected chi connectivity index (χ3v) is 4.83. The highest BCUT2D eigenvalue weighted by molar-refractivity contribution is 6.33. The van der Waals surface area contributed by atoms with Gasteiger partial charge in [0.15, 0.2) is 0 Å². The Morgan fingerprint density at radius 2 is 2.00 bits per heavy atom. The Morgan fingerprint density at radius 3 is 2.65 bits per heavy atom. The van der Waals surface area contributed by atoms with Crippen LogP contribution in [0.1, 0.15) is 12.0 Å². The summed E-state index contributed by atoms with van der Waals surface area (Å²) in [5.41, 5.74) is 2.60. The average molecular weight is 346 g/mol. The molecule has 0 aliphatic carbocycles. The number of hydrogen-bond acceptors (Lipinski definition) is 2. The van der Waals surface area contributed by atoms with Crippen molar-refractivity contribution in [2.45, 2.75) is 19.0 Å². The fraction of sp³-hybridized carbons (Fsp3) is 0.278. The Hall–Kier alpha value is -1.73. The smallest absolute Gasteiger partial charge is 0.205 e. The molecule has 3 nitrogen and oxygen atoms in total. The molecule has 1 N–H and O–H groups in total. The van der Waals surface area contributed by atoms with Crippen molar-refractivity contribution < 1.29 is 0 Å². The number of anilines is 1. The van der Waals surface area contributed by atoms with Gasteiger partial charge in [0, 0.05) is 34.9 Å². The lowest BCUT2D eigenvalue weighted by Crippen LogP contribution is -2.36. The molecule has 1 aliphatic heterocycles. The summed E-state index contributed by atoms with van der Waals surface area (Å²) in [6.45, 7) is 9.81. The largest absolute Gasteiger partial charge is 0.363 e. The summed E-state index contributed by atoms with van der Waals surface area (Å²) in [6.07, 6.45) is 1.08. The summed E-state index contributed by atoms with van der Waals surface area (Å²) >= 11 is 12.6. The molecule has 1 aliphatic rings. The quantitative estimate of drug-likeness (QED) is 0.794. The maximum absolute atomic E-state index is 7.14. The summed E-state index contributed by atoms with van der Waals surface area (Å²) in [4.78, 5) is 5.75. The molecule has 0 amide bonds. The lowest BCUT2D eigenvalue weighted by molar-refractivity contribution is 0.631. The maximum Gasteiger partial charge on any atom is 0.205 e. The number of hydrogen-bond donors (Lipinski definition) is 1. The van der Waals surface area contributed by atoms with E-state index in [1.165, 1.54) is 0 Å². The molecular weight excluding hydrogens is 329 g/mol. The van der Waals surface area contributed by atoms with Gasteiger partial charge >= 0.3 is 0 Å². The number of nitrogens with one attached hydrogen (secondary N) is 1. The fourth-order valence-electron chi connectivity index (χ4n) is 2.91. The molecule has 1 atom stereocenters. The van der Waals surface area contributed by atoms with Crippen molar-refractivity contribution in [1.82, 2.24) is 5.32 Å². The van der Waals surface area contributed by atoms with E-state index >= 15 is 0 Å². The zero-order valence-corrected chi connectivity index (χ0v) is 14.1. The summed E-state index contributed by atoms with van der Waals surface area (Å²) < 4.78 is 0. The van der Waals surface area contributed by atoms with Crippen LogP contribution in [0.25, 0.3) is 4.85 Å². The predicted molar refractivity (Wildman–Crippen MR) is 96.6 cm³/mol. The minimum absolute atomic E-state index is 0.390. The summed E-state index contributed by atoms with van der Waals surface area (Å²) in [5.74, 6) is 0. The van der Waals surface area contributed by atoms with Gasteiger partial charge in [-0.1, -0.05) is 47.5 Å². The highest BCUT2D eigenvalue weighted by Crippen LogP contribution is 2.32. The van der Waals surface area contributed by atoms with Crippen LogP contribution >= 0.6 is 23.2 Å².